The normalized spacial score (nSPS) is 10.3. The van der Waals surface area contributed by atoms with Crippen LogP contribution in [0.3, 0.4) is 0 Å². The zero-order valence-electron chi connectivity index (χ0n) is 12.6. The molecule has 2 N–H and O–H groups in total. The first-order valence-electron chi connectivity index (χ1n) is 6.67. The highest BCUT2D eigenvalue weighted by Crippen LogP contribution is 2.15. The molecule has 0 saturated carbocycles. The molecule has 0 spiro atoms. The zero-order chi connectivity index (χ0) is 16.3. The standard InChI is InChI=1S/C14H17N5O2S/c1-9-13(10(2)18(3)17-9)8-15-14(22)16-11-4-6-12(7-5-11)19(20)21/h4-7H,8H2,1-3H3,(H2,15,16,22). The van der Waals surface area contributed by atoms with Crippen LogP contribution in [0.4, 0.5) is 11.4 Å². The fraction of sp³-hybridized carbons (Fsp3) is 0.286. The van der Waals surface area contributed by atoms with E-state index in [4.69, 9.17) is 12.2 Å². The Morgan fingerprint density at radius 3 is 2.50 bits per heavy atom. The lowest BCUT2D eigenvalue weighted by atomic mass is 10.2. The first-order chi connectivity index (χ1) is 10.4. The molecule has 22 heavy (non-hydrogen) atoms. The van der Waals surface area contributed by atoms with Crippen LogP contribution in [0.1, 0.15) is 17.0 Å². The molecule has 116 valence electrons. The van der Waals surface area contributed by atoms with E-state index in [1.54, 1.807) is 12.1 Å². The van der Waals surface area contributed by atoms with Crippen LogP contribution in [0.2, 0.25) is 0 Å². The molecule has 0 fully saturated rings. The maximum absolute atomic E-state index is 10.6. The van der Waals surface area contributed by atoms with Crippen LogP contribution in [0.15, 0.2) is 24.3 Å². The number of aromatic nitrogens is 2. The molecule has 0 radical (unpaired) electrons. The third-order valence-corrected chi connectivity index (χ3v) is 3.67. The molecular weight excluding hydrogens is 302 g/mol. The number of hydrogen-bond acceptors (Lipinski definition) is 4. The molecule has 0 saturated heterocycles. The summed E-state index contributed by atoms with van der Waals surface area (Å²) in [4.78, 5) is 10.2. The Balaban J connectivity index is 1.94. The first kappa shape index (κ1) is 15.9. The quantitative estimate of drug-likeness (QED) is 0.511. The summed E-state index contributed by atoms with van der Waals surface area (Å²) in [6.07, 6.45) is 0. The van der Waals surface area contributed by atoms with Crippen molar-refractivity contribution in [3.8, 4) is 0 Å². The van der Waals surface area contributed by atoms with Gasteiger partial charge in [-0.2, -0.15) is 5.10 Å². The van der Waals surface area contributed by atoms with Crippen LogP contribution >= 0.6 is 12.2 Å². The van der Waals surface area contributed by atoms with Gasteiger partial charge in [0.1, 0.15) is 0 Å². The molecule has 7 nitrogen and oxygen atoms in total. The summed E-state index contributed by atoms with van der Waals surface area (Å²) >= 11 is 5.23. The summed E-state index contributed by atoms with van der Waals surface area (Å²) < 4.78 is 1.83. The summed E-state index contributed by atoms with van der Waals surface area (Å²) in [6.45, 7) is 4.53. The van der Waals surface area contributed by atoms with Gasteiger partial charge in [0, 0.05) is 42.7 Å². The van der Waals surface area contributed by atoms with Crippen molar-refractivity contribution in [1.29, 1.82) is 0 Å². The van der Waals surface area contributed by atoms with Gasteiger partial charge in [0.25, 0.3) is 5.69 Å². The van der Waals surface area contributed by atoms with E-state index in [1.165, 1.54) is 12.1 Å². The number of thiocarbonyl (C=S) groups is 1. The Labute approximate surface area is 133 Å². The van der Waals surface area contributed by atoms with Gasteiger partial charge in [-0.1, -0.05) is 0 Å². The average Bonchev–Trinajstić information content (AvgIpc) is 2.70. The molecule has 0 unspecified atom stereocenters. The largest absolute Gasteiger partial charge is 0.358 e. The molecule has 0 atom stereocenters. The fourth-order valence-electron chi connectivity index (χ4n) is 2.08. The lowest BCUT2D eigenvalue weighted by Crippen LogP contribution is -2.28. The topological polar surface area (TPSA) is 85.0 Å². The number of nitrogens with zero attached hydrogens (tertiary/aromatic N) is 3. The van der Waals surface area contributed by atoms with E-state index in [1.807, 2.05) is 25.6 Å². The Bertz CT molecular complexity index is 709. The van der Waals surface area contributed by atoms with Gasteiger partial charge in [-0.05, 0) is 38.2 Å². The minimum absolute atomic E-state index is 0.0473. The van der Waals surface area contributed by atoms with E-state index in [0.29, 0.717) is 17.3 Å². The molecule has 1 aromatic carbocycles. The van der Waals surface area contributed by atoms with Crippen LogP contribution < -0.4 is 10.6 Å². The summed E-state index contributed by atoms with van der Waals surface area (Å²) in [6, 6.07) is 6.10. The molecular formula is C14H17N5O2S. The highest BCUT2D eigenvalue weighted by atomic mass is 32.1. The minimum Gasteiger partial charge on any atom is -0.358 e. The number of benzene rings is 1. The fourth-order valence-corrected chi connectivity index (χ4v) is 2.27. The molecule has 0 aliphatic carbocycles. The van der Waals surface area contributed by atoms with Gasteiger partial charge in [-0.15, -0.1) is 0 Å². The van der Waals surface area contributed by atoms with Gasteiger partial charge < -0.3 is 10.6 Å². The third kappa shape index (κ3) is 3.59. The van der Waals surface area contributed by atoms with Gasteiger partial charge in [-0.3, -0.25) is 14.8 Å². The number of rotatable bonds is 4. The monoisotopic (exact) mass is 319 g/mol. The molecule has 8 heteroatoms. The second kappa shape index (κ2) is 6.52. The molecule has 1 heterocycles. The molecule has 0 amide bonds. The maximum Gasteiger partial charge on any atom is 0.269 e. The first-order valence-corrected chi connectivity index (χ1v) is 7.07. The van der Waals surface area contributed by atoms with E-state index in [2.05, 4.69) is 15.7 Å². The van der Waals surface area contributed by atoms with Crippen molar-refractivity contribution < 1.29 is 4.92 Å². The molecule has 2 aromatic rings. The van der Waals surface area contributed by atoms with Crippen molar-refractivity contribution in [1.82, 2.24) is 15.1 Å². The smallest absolute Gasteiger partial charge is 0.269 e. The van der Waals surface area contributed by atoms with E-state index < -0.39 is 4.92 Å². The predicted octanol–water partition coefficient (Wildman–Crippen LogP) is 2.43. The van der Waals surface area contributed by atoms with Crippen molar-refractivity contribution in [2.45, 2.75) is 20.4 Å². The number of aryl methyl sites for hydroxylation is 2. The summed E-state index contributed by atoms with van der Waals surface area (Å²) in [5.74, 6) is 0. The van der Waals surface area contributed by atoms with Crippen LogP contribution in [0.5, 0.6) is 0 Å². The second-order valence-electron chi connectivity index (χ2n) is 4.88. The highest BCUT2D eigenvalue weighted by Gasteiger charge is 2.10. The Morgan fingerprint density at radius 2 is 2.00 bits per heavy atom. The SMILES string of the molecule is Cc1nn(C)c(C)c1CNC(=S)Nc1ccc([N+](=O)[O-])cc1. The number of hydrogen-bond donors (Lipinski definition) is 2. The molecule has 0 bridgehead atoms. The van der Waals surface area contributed by atoms with Crippen LogP contribution in [-0.4, -0.2) is 19.8 Å². The molecule has 0 aliphatic heterocycles. The number of non-ortho nitro benzene ring substituents is 1. The zero-order valence-corrected chi connectivity index (χ0v) is 13.4. The lowest BCUT2D eigenvalue weighted by Gasteiger charge is -2.10. The number of nitrogens with one attached hydrogen (secondary N) is 2. The minimum atomic E-state index is -0.436. The maximum atomic E-state index is 10.6. The number of nitro benzene ring substituents is 1. The van der Waals surface area contributed by atoms with E-state index in [0.717, 1.165) is 17.0 Å². The van der Waals surface area contributed by atoms with Crippen LogP contribution in [0, 0.1) is 24.0 Å². The van der Waals surface area contributed by atoms with Gasteiger partial charge in [-0.25, -0.2) is 0 Å². The molecule has 0 aliphatic rings. The number of anilines is 1. The summed E-state index contributed by atoms with van der Waals surface area (Å²) in [5, 5.41) is 21.5. The van der Waals surface area contributed by atoms with E-state index in [-0.39, 0.29) is 5.69 Å². The van der Waals surface area contributed by atoms with Crippen molar-refractivity contribution >= 4 is 28.7 Å². The van der Waals surface area contributed by atoms with Crippen LogP contribution in [0.25, 0.3) is 0 Å². The van der Waals surface area contributed by atoms with Crippen molar-refractivity contribution in [2.75, 3.05) is 5.32 Å². The lowest BCUT2D eigenvalue weighted by molar-refractivity contribution is -0.384. The van der Waals surface area contributed by atoms with Crippen molar-refractivity contribution in [2.24, 2.45) is 7.05 Å². The predicted molar refractivity (Wildman–Crippen MR) is 88.8 cm³/mol. The second-order valence-corrected chi connectivity index (χ2v) is 5.29. The van der Waals surface area contributed by atoms with Gasteiger partial charge in [0.2, 0.25) is 0 Å². The van der Waals surface area contributed by atoms with E-state index in [9.17, 15) is 10.1 Å². The third-order valence-electron chi connectivity index (χ3n) is 3.42. The average molecular weight is 319 g/mol. The molecule has 2 rings (SSSR count). The number of nitro groups is 1. The Morgan fingerprint density at radius 1 is 1.36 bits per heavy atom. The summed E-state index contributed by atoms with van der Waals surface area (Å²) in [5.41, 5.74) is 3.90. The van der Waals surface area contributed by atoms with Gasteiger partial charge >= 0.3 is 0 Å². The van der Waals surface area contributed by atoms with Crippen LogP contribution in [-0.2, 0) is 13.6 Å². The Hall–Kier alpha value is -2.48. The highest BCUT2D eigenvalue weighted by molar-refractivity contribution is 7.80. The van der Waals surface area contributed by atoms with Crippen molar-refractivity contribution in [3.05, 3.63) is 51.3 Å². The Kier molecular flexibility index (Phi) is 4.71. The van der Waals surface area contributed by atoms with Gasteiger partial charge in [0.05, 0.1) is 10.6 Å². The summed E-state index contributed by atoms with van der Waals surface area (Å²) in [7, 11) is 1.90. The van der Waals surface area contributed by atoms with E-state index >= 15 is 0 Å². The molecule has 1 aromatic heterocycles. The van der Waals surface area contributed by atoms with Gasteiger partial charge in [0.15, 0.2) is 5.11 Å². The van der Waals surface area contributed by atoms with Crippen molar-refractivity contribution in [3.63, 3.8) is 0 Å².